The van der Waals surface area contributed by atoms with Crippen molar-refractivity contribution in [2.24, 2.45) is 0 Å². The Kier molecular flexibility index (Phi) is 5.73. The van der Waals surface area contributed by atoms with Crippen molar-refractivity contribution in [3.8, 4) is 11.8 Å². The van der Waals surface area contributed by atoms with Gasteiger partial charge in [0.25, 0.3) is 0 Å². The van der Waals surface area contributed by atoms with E-state index in [0.717, 1.165) is 0 Å². The molecule has 7 heteroatoms. The number of hydrogen-bond acceptors (Lipinski definition) is 5. The fourth-order valence-corrected chi connectivity index (χ4v) is 1.95. The van der Waals surface area contributed by atoms with Crippen molar-refractivity contribution in [2.75, 3.05) is 6.61 Å². The van der Waals surface area contributed by atoms with Crippen LogP contribution >= 0.6 is 15.9 Å². The highest BCUT2D eigenvalue weighted by atomic mass is 79.9. The lowest BCUT2D eigenvalue weighted by atomic mass is 10.2. The molecule has 0 bridgehead atoms. The average molecular weight is 328 g/mol. The molecule has 0 aliphatic heterocycles. The van der Waals surface area contributed by atoms with Crippen molar-refractivity contribution < 1.29 is 9.66 Å². The zero-order chi connectivity index (χ0) is 14.4. The Balaban J connectivity index is 2.82. The largest absolute Gasteiger partial charge is 0.483 e. The average Bonchev–Trinajstić information content (AvgIpc) is 2.34. The van der Waals surface area contributed by atoms with E-state index in [2.05, 4.69) is 27.3 Å². The highest BCUT2D eigenvalue weighted by Gasteiger charge is 2.19. The van der Waals surface area contributed by atoms with E-state index in [4.69, 9.17) is 10.00 Å². The molecule has 1 aromatic carbocycles. The number of halogens is 1. The molecular weight excluding hydrogens is 314 g/mol. The molecule has 1 atom stereocenters. The molecule has 0 aliphatic rings. The summed E-state index contributed by atoms with van der Waals surface area (Å²) in [7, 11) is 0. The van der Waals surface area contributed by atoms with Gasteiger partial charge in [0.1, 0.15) is 12.6 Å². The third-order valence-electron chi connectivity index (χ3n) is 2.23. The van der Waals surface area contributed by atoms with Gasteiger partial charge in [-0.25, -0.2) is 0 Å². The standard InChI is InChI=1S/C12H14BrN3O3/c1-8(2)15-9(6-14)7-19-12-10(13)4-3-5-11(12)16(17)18/h3-5,8-9,15H,7H2,1-2H3. The van der Waals surface area contributed by atoms with Crippen LogP contribution in [0, 0.1) is 21.4 Å². The molecule has 0 fully saturated rings. The van der Waals surface area contributed by atoms with Crippen LogP contribution in [-0.4, -0.2) is 23.6 Å². The molecular formula is C12H14BrN3O3. The summed E-state index contributed by atoms with van der Waals surface area (Å²) in [6.07, 6.45) is 0. The summed E-state index contributed by atoms with van der Waals surface area (Å²) in [5, 5.41) is 22.8. The van der Waals surface area contributed by atoms with Gasteiger partial charge in [0, 0.05) is 12.1 Å². The van der Waals surface area contributed by atoms with E-state index < -0.39 is 11.0 Å². The van der Waals surface area contributed by atoms with Crippen LogP contribution in [0.15, 0.2) is 22.7 Å². The molecule has 0 spiro atoms. The number of nitro benzene ring substituents is 1. The van der Waals surface area contributed by atoms with Crippen molar-refractivity contribution in [2.45, 2.75) is 25.9 Å². The number of benzene rings is 1. The Bertz CT molecular complexity index is 499. The third kappa shape index (κ3) is 4.50. The molecule has 102 valence electrons. The van der Waals surface area contributed by atoms with Gasteiger partial charge in [-0.05, 0) is 35.8 Å². The second-order valence-corrected chi connectivity index (χ2v) is 5.01. The number of nitriles is 1. The van der Waals surface area contributed by atoms with Crippen LogP contribution in [0.25, 0.3) is 0 Å². The first kappa shape index (κ1) is 15.4. The molecule has 19 heavy (non-hydrogen) atoms. The van der Waals surface area contributed by atoms with Gasteiger partial charge in [0.05, 0.1) is 15.5 Å². The van der Waals surface area contributed by atoms with E-state index in [9.17, 15) is 10.1 Å². The lowest BCUT2D eigenvalue weighted by Crippen LogP contribution is -2.38. The van der Waals surface area contributed by atoms with Gasteiger partial charge >= 0.3 is 5.69 Å². The molecule has 6 nitrogen and oxygen atoms in total. The van der Waals surface area contributed by atoms with Gasteiger partial charge in [-0.1, -0.05) is 6.07 Å². The Morgan fingerprint density at radius 3 is 2.79 bits per heavy atom. The highest BCUT2D eigenvalue weighted by molar-refractivity contribution is 9.10. The molecule has 1 unspecified atom stereocenters. The van der Waals surface area contributed by atoms with Crippen LogP contribution in [-0.2, 0) is 0 Å². The number of nitro groups is 1. The van der Waals surface area contributed by atoms with Crippen LogP contribution in [0.1, 0.15) is 13.8 Å². The van der Waals surface area contributed by atoms with Crippen molar-refractivity contribution in [3.63, 3.8) is 0 Å². The van der Waals surface area contributed by atoms with Gasteiger partial charge in [-0.3, -0.25) is 15.4 Å². The molecule has 1 aromatic rings. The van der Waals surface area contributed by atoms with Gasteiger partial charge in [-0.2, -0.15) is 5.26 Å². The molecule has 0 radical (unpaired) electrons. The number of ether oxygens (including phenoxy) is 1. The smallest absolute Gasteiger partial charge is 0.312 e. The second-order valence-electron chi connectivity index (χ2n) is 4.16. The predicted molar refractivity (Wildman–Crippen MR) is 74.0 cm³/mol. The lowest BCUT2D eigenvalue weighted by molar-refractivity contribution is -0.386. The van der Waals surface area contributed by atoms with Crippen molar-refractivity contribution in [1.82, 2.24) is 5.32 Å². The van der Waals surface area contributed by atoms with Crippen molar-refractivity contribution >= 4 is 21.6 Å². The second kappa shape index (κ2) is 7.07. The molecule has 1 rings (SSSR count). The van der Waals surface area contributed by atoms with Crippen LogP contribution in [0.3, 0.4) is 0 Å². The Morgan fingerprint density at radius 1 is 1.58 bits per heavy atom. The van der Waals surface area contributed by atoms with Gasteiger partial charge < -0.3 is 4.74 Å². The minimum absolute atomic E-state index is 0.0398. The van der Waals surface area contributed by atoms with Crippen LogP contribution < -0.4 is 10.1 Å². The maximum atomic E-state index is 10.9. The number of para-hydroxylation sites is 1. The Hall–Kier alpha value is -1.65. The quantitative estimate of drug-likeness (QED) is 0.640. The number of hydrogen-bond donors (Lipinski definition) is 1. The molecule has 0 saturated heterocycles. The first-order chi connectivity index (χ1) is 8.95. The van der Waals surface area contributed by atoms with Crippen LogP contribution in [0.2, 0.25) is 0 Å². The summed E-state index contributed by atoms with van der Waals surface area (Å²) in [4.78, 5) is 10.4. The zero-order valence-corrected chi connectivity index (χ0v) is 12.2. The number of nitrogens with one attached hydrogen (secondary N) is 1. The minimum Gasteiger partial charge on any atom is -0.483 e. The van der Waals surface area contributed by atoms with E-state index in [0.29, 0.717) is 4.47 Å². The first-order valence-electron chi connectivity index (χ1n) is 5.67. The van der Waals surface area contributed by atoms with Gasteiger partial charge in [0.15, 0.2) is 0 Å². The fraction of sp³-hybridized carbons (Fsp3) is 0.417. The maximum absolute atomic E-state index is 10.9. The molecule has 0 heterocycles. The molecule has 0 amide bonds. The fourth-order valence-electron chi connectivity index (χ4n) is 1.48. The van der Waals surface area contributed by atoms with Crippen LogP contribution in [0.4, 0.5) is 5.69 Å². The van der Waals surface area contributed by atoms with Crippen molar-refractivity contribution in [3.05, 3.63) is 32.8 Å². The van der Waals surface area contributed by atoms with E-state index in [1.807, 2.05) is 13.8 Å². The van der Waals surface area contributed by atoms with E-state index in [-0.39, 0.29) is 24.1 Å². The van der Waals surface area contributed by atoms with E-state index in [1.165, 1.54) is 6.07 Å². The normalized spacial score (nSPS) is 11.9. The SMILES string of the molecule is CC(C)NC(C#N)COc1c(Br)cccc1[N+](=O)[O-]. The summed E-state index contributed by atoms with van der Waals surface area (Å²) < 4.78 is 5.90. The Morgan fingerprint density at radius 2 is 2.26 bits per heavy atom. The third-order valence-corrected chi connectivity index (χ3v) is 2.85. The molecule has 0 aromatic heterocycles. The topological polar surface area (TPSA) is 88.2 Å². The summed E-state index contributed by atoms with van der Waals surface area (Å²) in [6.45, 7) is 3.86. The number of nitrogens with zero attached hydrogens (tertiary/aromatic N) is 2. The zero-order valence-electron chi connectivity index (χ0n) is 10.6. The van der Waals surface area contributed by atoms with E-state index in [1.54, 1.807) is 12.1 Å². The molecule has 1 N–H and O–H groups in total. The summed E-state index contributed by atoms with van der Waals surface area (Å²) in [5.41, 5.74) is -0.129. The summed E-state index contributed by atoms with van der Waals surface area (Å²) in [5.74, 6) is 0.137. The summed E-state index contributed by atoms with van der Waals surface area (Å²) >= 11 is 3.21. The first-order valence-corrected chi connectivity index (χ1v) is 6.46. The van der Waals surface area contributed by atoms with Gasteiger partial charge in [0.2, 0.25) is 5.75 Å². The predicted octanol–water partition coefficient (Wildman–Crippen LogP) is 2.63. The lowest BCUT2D eigenvalue weighted by Gasteiger charge is -2.15. The van der Waals surface area contributed by atoms with Gasteiger partial charge in [-0.15, -0.1) is 0 Å². The van der Waals surface area contributed by atoms with Crippen molar-refractivity contribution in [1.29, 1.82) is 5.26 Å². The monoisotopic (exact) mass is 327 g/mol. The minimum atomic E-state index is -0.522. The Labute approximate surface area is 119 Å². The molecule has 0 aliphatic carbocycles. The maximum Gasteiger partial charge on any atom is 0.312 e. The highest BCUT2D eigenvalue weighted by Crippen LogP contribution is 2.34. The summed E-state index contributed by atoms with van der Waals surface area (Å²) in [6, 6.07) is 6.23. The van der Waals surface area contributed by atoms with Crippen LogP contribution in [0.5, 0.6) is 5.75 Å². The molecule has 0 saturated carbocycles. The number of rotatable bonds is 6. The van der Waals surface area contributed by atoms with E-state index >= 15 is 0 Å².